The minimum Gasteiger partial charge on any atom is -0.487 e. The third-order valence-corrected chi connectivity index (χ3v) is 6.39. The number of carbonyl (C=O) groups excluding carboxylic acids is 1. The Morgan fingerprint density at radius 2 is 1.81 bits per heavy atom. The third-order valence-electron chi connectivity index (χ3n) is 4.82. The van der Waals surface area contributed by atoms with E-state index in [-0.39, 0.29) is 55.7 Å². The maximum atomic E-state index is 12.8. The van der Waals surface area contributed by atoms with Gasteiger partial charge >= 0.3 is 5.69 Å². The molecule has 31 heavy (non-hydrogen) atoms. The largest absolute Gasteiger partial charge is 0.487 e. The summed E-state index contributed by atoms with van der Waals surface area (Å²) in [6.07, 6.45) is 1.53. The molecule has 0 aliphatic carbocycles. The molecule has 2 aromatic rings. The summed E-state index contributed by atoms with van der Waals surface area (Å²) in [6, 6.07) is 13.2. The minimum absolute atomic E-state index is 0.102. The summed E-state index contributed by atoms with van der Waals surface area (Å²) in [4.78, 5) is 25.0. The molecular weight excluding hydrogens is 422 g/mol. The molecule has 0 N–H and O–H groups in total. The Morgan fingerprint density at radius 3 is 2.42 bits per heavy atom. The van der Waals surface area contributed by atoms with Crippen LogP contribution >= 0.6 is 0 Å². The number of piperazine rings is 1. The molecule has 0 bridgehead atoms. The molecule has 0 atom stereocenters. The van der Waals surface area contributed by atoms with Crippen LogP contribution in [0.3, 0.4) is 0 Å². The first-order valence-electron chi connectivity index (χ1n) is 9.75. The third kappa shape index (κ3) is 5.47. The first kappa shape index (κ1) is 22.4. The number of hydrogen-bond donors (Lipinski definition) is 0. The number of carbonyl (C=O) groups is 1. The molecule has 2 aromatic carbocycles. The van der Waals surface area contributed by atoms with Gasteiger partial charge in [0.2, 0.25) is 10.0 Å². The summed E-state index contributed by atoms with van der Waals surface area (Å²) in [5, 5.41) is 12.4. The normalized spacial score (nSPS) is 15.2. The molecule has 3 rings (SSSR count). The lowest BCUT2D eigenvalue weighted by atomic mass is 10.1. The molecule has 1 aliphatic heterocycles. The van der Waals surface area contributed by atoms with Crippen molar-refractivity contribution in [2.45, 2.75) is 6.92 Å². The number of amides is 1. The van der Waals surface area contributed by atoms with Crippen molar-refractivity contribution in [3.05, 3.63) is 75.2 Å². The molecule has 1 amide bonds. The molecular formula is C21H23N3O6S. The summed E-state index contributed by atoms with van der Waals surface area (Å²) in [7, 11) is -3.62. The van der Waals surface area contributed by atoms with E-state index in [4.69, 9.17) is 4.74 Å². The van der Waals surface area contributed by atoms with Gasteiger partial charge in [-0.3, -0.25) is 14.9 Å². The van der Waals surface area contributed by atoms with Crippen molar-refractivity contribution in [1.29, 1.82) is 0 Å². The molecule has 1 aliphatic rings. The van der Waals surface area contributed by atoms with E-state index in [1.165, 1.54) is 33.5 Å². The summed E-state index contributed by atoms with van der Waals surface area (Å²) in [6.45, 7) is 2.66. The van der Waals surface area contributed by atoms with Crippen LogP contribution in [0.15, 0.2) is 53.9 Å². The van der Waals surface area contributed by atoms with Gasteiger partial charge < -0.3 is 9.64 Å². The van der Waals surface area contributed by atoms with Crippen LogP contribution in [0.5, 0.6) is 5.75 Å². The van der Waals surface area contributed by atoms with Gasteiger partial charge in [-0.25, -0.2) is 8.42 Å². The van der Waals surface area contributed by atoms with E-state index in [0.717, 1.165) is 11.0 Å². The van der Waals surface area contributed by atoms with Crippen molar-refractivity contribution in [3.63, 3.8) is 0 Å². The number of benzene rings is 2. The lowest BCUT2D eigenvalue weighted by Gasteiger charge is -2.33. The van der Waals surface area contributed by atoms with Crippen LogP contribution in [0.1, 0.15) is 22.8 Å². The van der Waals surface area contributed by atoms with Gasteiger partial charge in [0.1, 0.15) is 0 Å². The second-order valence-corrected chi connectivity index (χ2v) is 8.64. The van der Waals surface area contributed by atoms with Crippen LogP contribution in [0, 0.1) is 10.1 Å². The molecule has 1 heterocycles. The maximum absolute atomic E-state index is 12.8. The van der Waals surface area contributed by atoms with Crippen LogP contribution in [0.25, 0.3) is 6.08 Å². The topological polar surface area (TPSA) is 110 Å². The van der Waals surface area contributed by atoms with Crippen LogP contribution in [0.4, 0.5) is 5.69 Å². The van der Waals surface area contributed by atoms with Crippen LogP contribution in [0.2, 0.25) is 0 Å². The second kappa shape index (κ2) is 9.71. The summed E-state index contributed by atoms with van der Waals surface area (Å²) in [5.41, 5.74) is 0.660. The van der Waals surface area contributed by atoms with E-state index < -0.39 is 14.9 Å². The second-order valence-electron chi connectivity index (χ2n) is 6.82. The molecule has 0 spiro atoms. The summed E-state index contributed by atoms with van der Waals surface area (Å²) in [5.74, 6) is -0.284. The van der Waals surface area contributed by atoms with Gasteiger partial charge in [0, 0.05) is 43.2 Å². The van der Waals surface area contributed by atoms with Gasteiger partial charge in [0.25, 0.3) is 5.91 Å². The van der Waals surface area contributed by atoms with Crippen molar-refractivity contribution in [2.75, 3.05) is 32.8 Å². The van der Waals surface area contributed by atoms with E-state index in [2.05, 4.69) is 0 Å². The minimum atomic E-state index is -3.62. The number of rotatable bonds is 7. The fraction of sp³-hybridized carbons (Fsp3) is 0.286. The number of hydrogen-bond acceptors (Lipinski definition) is 6. The zero-order valence-electron chi connectivity index (χ0n) is 17.0. The van der Waals surface area contributed by atoms with Crippen LogP contribution in [-0.2, 0) is 10.0 Å². The Morgan fingerprint density at radius 1 is 1.13 bits per heavy atom. The Kier molecular flexibility index (Phi) is 7.03. The highest BCUT2D eigenvalue weighted by atomic mass is 32.2. The molecule has 10 heteroatoms. The Bertz CT molecular complexity index is 1080. The van der Waals surface area contributed by atoms with Gasteiger partial charge in [0.15, 0.2) is 5.75 Å². The summed E-state index contributed by atoms with van der Waals surface area (Å²) >= 11 is 0. The van der Waals surface area contributed by atoms with E-state index in [9.17, 15) is 23.3 Å². The van der Waals surface area contributed by atoms with E-state index in [1.807, 2.05) is 18.2 Å². The maximum Gasteiger partial charge on any atom is 0.311 e. The molecule has 0 saturated carbocycles. The number of nitro groups is 1. The van der Waals surface area contributed by atoms with E-state index in [1.54, 1.807) is 19.1 Å². The quantitative estimate of drug-likeness (QED) is 0.479. The monoisotopic (exact) mass is 445 g/mol. The number of sulfonamides is 1. The highest BCUT2D eigenvalue weighted by Crippen LogP contribution is 2.28. The van der Waals surface area contributed by atoms with Crippen LogP contribution < -0.4 is 4.74 Å². The van der Waals surface area contributed by atoms with Crippen LogP contribution in [-0.4, -0.2) is 61.2 Å². The SMILES string of the molecule is CCOc1ccc(C(=O)N2CCN(S(=O)(=O)/C=C/c3ccccc3)CC2)cc1[N+](=O)[O-]. The Labute approximate surface area is 180 Å². The first-order valence-corrected chi connectivity index (χ1v) is 11.3. The molecule has 0 unspecified atom stereocenters. The van der Waals surface area contributed by atoms with E-state index >= 15 is 0 Å². The van der Waals surface area contributed by atoms with Crippen molar-refractivity contribution < 1.29 is 22.9 Å². The molecule has 9 nitrogen and oxygen atoms in total. The van der Waals surface area contributed by atoms with Gasteiger partial charge in [-0.1, -0.05) is 30.3 Å². The average molecular weight is 445 g/mol. The summed E-state index contributed by atoms with van der Waals surface area (Å²) < 4.78 is 31.7. The van der Waals surface area contributed by atoms with Crippen molar-refractivity contribution in [1.82, 2.24) is 9.21 Å². The van der Waals surface area contributed by atoms with Crippen molar-refractivity contribution in [3.8, 4) is 5.75 Å². The van der Waals surface area contributed by atoms with Crippen molar-refractivity contribution >= 4 is 27.7 Å². The van der Waals surface area contributed by atoms with Gasteiger partial charge in [-0.2, -0.15) is 4.31 Å². The molecule has 0 aromatic heterocycles. The van der Waals surface area contributed by atoms with Gasteiger partial charge in [-0.15, -0.1) is 0 Å². The number of nitro benzene ring substituents is 1. The predicted octanol–water partition coefficient (Wildman–Crippen LogP) is 2.75. The predicted molar refractivity (Wildman–Crippen MR) is 116 cm³/mol. The fourth-order valence-corrected chi connectivity index (χ4v) is 4.39. The van der Waals surface area contributed by atoms with E-state index in [0.29, 0.717) is 0 Å². The number of ether oxygens (including phenoxy) is 1. The zero-order valence-corrected chi connectivity index (χ0v) is 17.8. The fourth-order valence-electron chi connectivity index (χ4n) is 3.21. The highest BCUT2D eigenvalue weighted by molar-refractivity contribution is 7.92. The highest BCUT2D eigenvalue weighted by Gasteiger charge is 2.29. The molecule has 164 valence electrons. The Hall–Kier alpha value is -3.24. The number of nitrogens with zero attached hydrogens (tertiary/aromatic N) is 3. The molecule has 1 fully saturated rings. The molecule has 1 saturated heterocycles. The first-order chi connectivity index (χ1) is 14.8. The van der Waals surface area contributed by atoms with Crippen molar-refractivity contribution in [2.24, 2.45) is 0 Å². The van der Waals surface area contributed by atoms with Gasteiger partial charge in [-0.05, 0) is 30.7 Å². The Balaban J connectivity index is 1.66. The average Bonchev–Trinajstić information content (AvgIpc) is 2.78. The molecule has 0 radical (unpaired) electrons. The van der Waals surface area contributed by atoms with Gasteiger partial charge in [0.05, 0.1) is 11.5 Å². The zero-order chi connectivity index (χ0) is 22.4. The lowest BCUT2D eigenvalue weighted by Crippen LogP contribution is -2.50. The smallest absolute Gasteiger partial charge is 0.311 e. The lowest BCUT2D eigenvalue weighted by molar-refractivity contribution is -0.385. The standard InChI is InChI=1S/C21H23N3O6S/c1-2-30-20-9-8-18(16-19(20)24(26)27)21(25)22-11-13-23(14-12-22)31(28,29)15-10-17-6-4-3-5-7-17/h3-10,15-16H,2,11-14H2,1H3/b15-10+.